The number of fused-ring (bicyclic) bond motifs is 1. The van der Waals surface area contributed by atoms with Gasteiger partial charge >= 0.3 is 0 Å². The molecule has 3 N–H and O–H groups in total. The van der Waals surface area contributed by atoms with Crippen molar-refractivity contribution in [3.63, 3.8) is 0 Å². The van der Waals surface area contributed by atoms with Crippen LogP contribution in [0.4, 0.5) is 0 Å². The molecular formula is C10H14N2. The molecule has 0 fully saturated rings. The molecule has 1 aromatic carbocycles. The summed E-state index contributed by atoms with van der Waals surface area (Å²) in [5.41, 5.74) is 8.73. The third-order valence-corrected chi connectivity index (χ3v) is 2.66. The maximum atomic E-state index is 6.04. The number of hydrogen-bond donors (Lipinski definition) is 2. The number of likely N-dealkylation sites (N-methyl/N-ethyl adjacent to an activating group) is 1. The second-order valence-electron chi connectivity index (χ2n) is 3.32. The van der Waals surface area contributed by atoms with Gasteiger partial charge in [0.1, 0.15) is 0 Å². The second-order valence-corrected chi connectivity index (χ2v) is 3.32. The first-order valence-electron chi connectivity index (χ1n) is 4.33. The minimum atomic E-state index is 0.172. The highest BCUT2D eigenvalue weighted by atomic mass is 14.9. The van der Waals surface area contributed by atoms with E-state index in [0.29, 0.717) is 6.04 Å². The molecule has 0 saturated heterocycles. The summed E-state index contributed by atoms with van der Waals surface area (Å²) in [4.78, 5) is 0. The molecule has 0 heterocycles. The van der Waals surface area contributed by atoms with Crippen molar-refractivity contribution in [3.8, 4) is 0 Å². The Morgan fingerprint density at radius 3 is 2.83 bits per heavy atom. The van der Waals surface area contributed by atoms with Crippen molar-refractivity contribution in [3.05, 3.63) is 35.4 Å². The Hall–Kier alpha value is -0.860. The molecule has 2 unspecified atom stereocenters. The van der Waals surface area contributed by atoms with E-state index in [0.717, 1.165) is 6.42 Å². The number of benzene rings is 1. The Morgan fingerprint density at radius 1 is 1.42 bits per heavy atom. The van der Waals surface area contributed by atoms with Gasteiger partial charge in [-0.1, -0.05) is 24.3 Å². The average molecular weight is 162 g/mol. The highest BCUT2D eigenvalue weighted by molar-refractivity contribution is 5.36. The molecule has 0 aliphatic heterocycles. The quantitative estimate of drug-likeness (QED) is 0.642. The molecule has 2 nitrogen and oxygen atoms in total. The lowest BCUT2D eigenvalue weighted by Gasteiger charge is -2.14. The second kappa shape index (κ2) is 2.88. The smallest absolute Gasteiger partial charge is 0.0456 e. The van der Waals surface area contributed by atoms with Crippen LogP contribution in [-0.2, 0) is 6.42 Å². The van der Waals surface area contributed by atoms with Crippen LogP contribution in [-0.4, -0.2) is 13.1 Å². The van der Waals surface area contributed by atoms with Crippen molar-refractivity contribution in [2.45, 2.75) is 18.5 Å². The normalized spacial score (nSPS) is 27.2. The summed E-state index contributed by atoms with van der Waals surface area (Å²) in [5.74, 6) is 0. The van der Waals surface area contributed by atoms with E-state index in [9.17, 15) is 0 Å². The lowest BCUT2D eigenvalue weighted by Crippen LogP contribution is -2.33. The Kier molecular flexibility index (Phi) is 1.87. The van der Waals surface area contributed by atoms with Crippen LogP contribution in [0.15, 0.2) is 24.3 Å². The van der Waals surface area contributed by atoms with Gasteiger partial charge in [0.25, 0.3) is 0 Å². The molecule has 1 aliphatic rings. The van der Waals surface area contributed by atoms with E-state index < -0.39 is 0 Å². The van der Waals surface area contributed by atoms with Gasteiger partial charge in [0.15, 0.2) is 0 Å². The highest BCUT2D eigenvalue weighted by Crippen LogP contribution is 2.28. The molecule has 1 aliphatic carbocycles. The Morgan fingerprint density at radius 2 is 2.17 bits per heavy atom. The van der Waals surface area contributed by atoms with Crippen molar-refractivity contribution in [1.29, 1.82) is 0 Å². The predicted molar refractivity (Wildman–Crippen MR) is 49.9 cm³/mol. The molecule has 2 heteroatoms. The number of nitrogens with two attached hydrogens (primary N) is 1. The molecule has 0 radical (unpaired) electrons. The molecular weight excluding hydrogens is 148 g/mol. The molecule has 0 aromatic heterocycles. The zero-order chi connectivity index (χ0) is 8.55. The molecule has 64 valence electrons. The van der Waals surface area contributed by atoms with E-state index in [2.05, 4.69) is 29.6 Å². The molecule has 0 amide bonds. The first-order chi connectivity index (χ1) is 5.83. The minimum Gasteiger partial charge on any atom is -0.323 e. The van der Waals surface area contributed by atoms with Crippen molar-refractivity contribution in [1.82, 2.24) is 5.32 Å². The summed E-state index contributed by atoms with van der Waals surface area (Å²) in [6, 6.07) is 9.00. The highest BCUT2D eigenvalue weighted by Gasteiger charge is 2.27. The zero-order valence-electron chi connectivity index (χ0n) is 7.25. The van der Waals surface area contributed by atoms with Crippen molar-refractivity contribution in [2.75, 3.05) is 7.05 Å². The van der Waals surface area contributed by atoms with Crippen LogP contribution in [0.1, 0.15) is 17.2 Å². The van der Waals surface area contributed by atoms with Crippen molar-refractivity contribution >= 4 is 0 Å². The van der Waals surface area contributed by atoms with Crippen molar-refractivity contribution < 1.29 is 0 Å². The molecule has 0 bridgehead atoms. The molecule has 2 rings (SSSR count). The van der Waals surface area contributed by atoms with E-state index in [4.69, 9.17) is 5.73 Å². The summed E-state index contributed by atoms with van der Waals surface area (Å²) in [6.45, 7) is 0. The summed E-state index contributed by atoms with van der Waals surface area (Å²) >= 11 is 0. The molecule has 0 saturated carbocycles. The minimum absolute atomic E-state index is 0.172. The number of nitrogens with one attached hydrogen (secondary N) is 1. The van der Waals surface area contributed by atoms with E-state index in [1.165, 1.54) is 11.1 Å². The van der Waals surface area contributed by atoms with Gasteiger partial charge in [-0.3, -0.25) is 0 Å². The third kappa shape index (κ3) is 1.04. The maximum absolute atomic E-state index is 6.04. The van der Waals surface area contributed by atoms with Crippen LogP contribution < -0.4 is 11.1 Å². The number of hydrogen-bond acceptors (Lipinski definition) is 2. The van der Waals surface area contributed by atoms with E-state index in [1.807, 2.05) is 7.05 Å². The van der Waals surface area contributed by atoms with E-state index in [-0.39, 0.29) is 6.04 Å². The Balaban J connectivity index is 2.35. The zero-order valence-corrected chi connectivity index (χ0v) is 7.25. The van der Waals surface area contributed by atoms with E-state index in [1.54, 1.807) is 0 Å². The Bertz CT molecular complexity index is 283. The SMILES string of the molecule is CNC1Cc2ccccc2C1N. The van der Waals surface area contributed by atoms with Crippen LogP contribution in [0.2, 0.25) is 0 Å². The summed E-state index contributed by atoms with van der Waals surface area (Å²) < 4.78 is 0. The van der Waals surface area contributed by atoms with Gasteiger partial charge in [-0.05, 0) is 24.6 Å². The molecule has 0 spiro atoms. The summed E-state index contributed by atoms with van der Waals surface area (Å²) in [6.07, 6.45) is 1.06. The summed E-state index contributed by atoms with van der Waals surface area (Å²) in [5, 5.41) is 3.24. The first-order valence-corrected chi connectivity index (χ1v) is 4.33. The largest absolute Gasteiger partial charge is 0.323 e. The molecule has 2 atom stereocenters. The standard InChI is InChI=1S/C10H14N2/c1-12-9-6-7-4-2-3-5-8(7)10(9)11/h2-5,9-10,12H,6,11H2,1H3. The topological polar surface area (TPSA) is 38.0 Å². The molecule has 1 aromatic rings. The predicted octanol–water partition coefficient (Wildman–Crippen LogP) is 0.830. The fraction of sp³-hybridized carbons (Fsp3) is 0.400. The van der Waals surface area contributed by atoms with Gasteiger partial charge in [0.2, 0.25) is 0 Å². The Labute approximate surface area is 72.8 Å². The average Bonchev–Trinajstić information content (AvgIpc) is 2.44. The van der Waals surface area contributed by atoms with Gasteiger partial charge in [-0.15, -0.1) is 0 Å². The summed E-state index contributed by atoms with van der Waals surface area (Å²) in [7, 11) is 1.97. The number of rotatable bonds is 1. The lowest BCUT2D eigenvalue weighted by molar-refractivity contribution is 0.506. The fourth-order valence-electron chi connectivity index (χ4n) is 1.91. The maximum Gasteiger partial charge on any atom is 0.0456 e. The monoisotopic (exact) mass is 162 g/mol. The van der Waals surface area contributed by atoms with Crippen LogP contribution in [0.3, 0.4) is 0 Å². The van der Waals surface area contributed by atoms with Crippen LogP contribution in [0, 0.1) is 0 Å². The molecule has 12 heavy (non-hydrogen) atoms. The van der Waals surface area contributed by atoms with Gasteiger partial charge in [0, 0.05) is 12.1 Å². The van der Waals surface area contributed by atoms with Crippen LogP contribution >= 0.6 is 0 Å². The van der Waals surface area contributed by atoms with Gasteiger partial charge in [-0.2, -0.15) is 0 Å². The van der Waals surface area contributed by atoms with Gasteiger partial charge in [0.05, 0.1) is 0 Å². The van der Waals surface area contributed by atoms with Crippen LogP contribution in [0.5, 0.6) is 0 Å². The van der Waals surface area contributed by atoms with Crippen molar-refractivity contribution in [2.24, 2.45) is 5.73 Å². The van der Waals surface area contributed by atoms with Gasteiger partial charge < -0.3 is 11.1 Å². The van der Waals surface area contributed by atoms with Gasteiger partial charge in [-0.25, -0.2) is 0 Å². The van der Waals surface area contributed by atoms with Crippen LogP contribution in [0.25, 0.3) is 0 Å². The van der Waals surface area contributed by atoms with E-state index >= 15 is 0 Å². The fourth-order valence-corrected chi connectivity index (χ4v) is 1.91. The lowest BCUT2D eigenvalue weighted by atomic mass is 10.1. The first kappa shape index (κ1) is 7.77. The third-order valence-electron chi connectivity index (χ3n) is 2.66.